The van der Waals surface area contributed by atoms with Crippen molar-refractivity contribution in [1.82, 2.24) is 0 Å². The molecule has 0 aliphatic rings. The van der Waals surface area contributed by atoms with E-state index in [1.807, 2.05) is 49.4 Å². The van der Waals surface area contributed by atoms with Crippen LogP contribution in [0.2, 0.25) is 0 Å². The van der Waals surface area contributed by atoms with Crippen LogP contribution in [0.1, 0.15) is 29.7 Å². The van der Waals surface area contributed by atoms with Crippen LogP contribution >= 0.6 is 0 Å². The van der Waals surface area contributed by atoms with Crippen LogP contribution in [-0.2, 0) is 6.61 Å². The van der Waals surface area contributed by atoms with Gasteiger partial charge in [0.1, 0.15) is 12.4 Å². The van der Waals surface area contributed by atoms with Crippen molar-refractivity contribution in [3.05, 3.63) is 65.2 Å². The number of nitrogens with two attached hydrogens (primary N) is 1. The van der Waals surface area contributed by atoms with Crippen LogP contribution in [0.3, 0.4) is 0 Å². The molecule has 0 bridgehead atoms. The zero-order valence-electron chi connectivity index (χ0n) is 10.8. The van der Waals surface area contributed by atoms with E-state index in [1.54, 1.807) is 6.07 Å². The van der Waals surface area contributed by atoms with Gasteiger partial charge < -0.3 is 10.5 Å². The van der Waals surface area contributed by atoms with E-state index in [0.717, 1.165) is 16.9 Å². The number of hydrogen-bond acceptors (Lipinski definition) is 3. The van der Waals surface area contributed by atoms with Crippen molar-refractivity contribution in [2.75, 3.05) is 0 Å². The third kappa shape index (κ3) is 3.57. The van der Waals surface area contributed by atoms with Gasteiger partial charge in [0.2, 0.25) is 0 Å². The third-order valence-corrected chi connectivity index (χ3v) is 2.85. The topological polar surface area (TPSA) is 59.0 Å². The number of nitrogens with zero attached hydrogens (tertiary/aromatic N) is 1. The second-order valence-electron chi connectivity index (χ2n) is 4.46. The molecule has 0 fully saturated rings. The maximum absolute atomic E-state index is 8.84. The number of nitriles is 1. The summed E-state index contributed by atoms with van der Waals surface area (Å²) in [5, 5.41) is 8.84. The molecule has 0 unspecified atom stereocenters. The van der Waals surface area contributed by atoms with Crippen molar-refractivity contribution in [2.24, 2.45) is 5.73 Å². The highest BCUT2D eigenvalue weighted by molar-refractivity contribution is 5.33. The molecular formula is C16H16N2O. The molecule has 0 aromatic heterocycles. The lowest BCUT2D eigenvalue weighted by molar-refractivity contribution is 0.305. The summed E-state index contributed by atoms with van der Waals surface area (Å²) in [6.07, 6.45) is 0. The fourth-order valence-electron chi connectivity index (χ4n) is 1.78. The molecule has 0 saturated carbocycles. The molecule has 0 aliphatic carbocycles. The molecule has 19 heavy (non-hydrogen) atoms. The summed E-state index contributed by atoms with van der Waals surface area (Å²) in [7, 11) is 0. The first-order valence-corrected chi connectivity index (χ1v) is 6.16. The van der Waals surface area contributed by atoms with Gasteiger partial charge in [0.25, 0.3) is 0 Å². The first kappa shape index (κ1) is 13.1. The lowest BCUT2D eigenvalue weighted by Gasteiger charge is -2.10. The summed E-state index contributed by atoms with van der Waals surface area (Å²) < 4.78 is 5.72. The SMILES string of the molecule is C[C@H](N)c1cccc(OCc2cccc(C#N)c2)c1. The average molecular weight is 252 g/mol. The molecule has 0 spiro atoms. The summed E-state index contributed by atoms with van der Waals surface area (Å²) in [6.45, 7) is 2.38. The van der Waals surface area contributed by atoms with Crippen molar-refractivity contribution < 1.29 is 4.74 Å². The first-order chi connectivity index (χ1) is 9.19. The highest BCUT2D eigenvalue weighted by Gasteiger charge is 2.02. The Morgan fingerprint density at radius 3 is 2.74 bits per heavy atom. The van der Waals surface area contributed by atoms with Crippen LogP contribution < -0.4 is 10.5 Å². The number of ether oxygens (including phenoxy) is 1. The number of rotatable bonds is 4. The molecule has 0 radical (unpaired) electrons. The molecule has 0 aliphatic heterocycles. The van der Waals surface area contributed by atoms with Gasteiger partial charge in [-0.05, 0) is 42.3 Å². The highest BCUT2D eigenvalue weighted by atomic mass is 16.5. The summed E-state index contributed by atoms with van der Waals surface area (Å²) in [5.74, 6) is 0.789. The molecule has 2 aromatic rings. The second-order valence-corrected chi connectivity index (χ2v) is 4.46. The first-order valence-electron chi connectivity index (χ1n) is 6.16. The van der Waals surface area contributed by atoms with E-state index < -0.39 is 0 Å². The molecule has 0 heterocycles. The molecule has 0 saturated heterocycles. The van der Waals surface area contributed by atoms with E-state index in [-0.39, 0.29) is 6.04 Å². The zero-order valence-corrected chi connectivity index (χ0v) is 10.8. The van der Waals surface area contributed by atoms with E-state index in [0.29, 0.717) is 12.2 Å². The predicted octanol–water partition coefficient (Wildman–Crippen LogP) is 3.16. The molecule has 2 rings (SSSR count). The Morgan fingerprint density at radius 2 is 2.00 bits per heavy atom. The van der Waals surface area contributed by atoms with Gasteiger partial charge >= 0.3 is 0 Å². The van der Waals surface area contributed by atoms with Crippen LogP contribution in [0.4, 0.5) is 0 Å². The zero-order chi connectivity index (χ0) is 13.7. The minimum absolute atomic E-state index is 0.00883. The largest absolute Gasteiger partial charge is 0.489 e. The standard InChI is InChI=1S/C16H16N2O/c1-12(18)15-6-3-7-16(9-15)19-11-14-5-2-4-13(8-14)10-17/h2-9,12H,11,18H2,1H3/t12-/m0/s1. The van der Waals surface area contributed by atoms with E-state index >= 15 is 0 Å². The number of hydrogen-bond donors (Lipinski definition) is 1. The van der Waals surface area contributed by atoms with Gasteiger partial charge in [0.05, 0.1) is 11.6 Å². The smallest absolute Gasteiger partial charge is 0.120 e. The van der Waals surface area contributed by atoms with Crippen LogP contribution in [0.25, 0.3) is 0 Å². The predicted molar refractivity (Wildman–Crippen MR) is 74.5 cm³/mol. The summed E-state index contributed by atoms with van der Waals surface area (Å²) in [5.41, 5.74) is 8.50. The van der Waals surface area contributed by atoms with Gasteiger partial charge in [-0.25, -0.2) is 0 Å². The second kappa shape index (κ2) is 6.03. The Kier molecular flexibility index (Phi) is 4.17. The number of benzene rings is 2. The van der Waals surface area contributed by atoms with E-state index in [1.165, 1.54) is 0 Å². The van der Waals surface area contributed by atoms with Crippen LogP contribution in [0, 0.1) is 11.3 Å². The molecular weight excluding hydrogens is 236 g/mol. The van der Waals surface area contributed by atoms with Crippen LogP contribution in [0.15, 0.2) is 48.5 Å². The Morgan fingerprint density at radius 1 is 1.21 bits per heavy atom. The average Bonchev–Trinajstić information content (AvgIpc) is 2.45. The molecule has 1 atom stereocenters. The van der Waals surface area contributed by atoms with Gasteiger partial charge in [-0.15, -0.1) is 0 Å². The quantitative estimate of drug-likeness (QED) is 0.909. The summed E-state index contributed by atoms with van der Waals surface area (Å²) in [4.78, 5) is 0. The Labute approximate surface area is 113 Å². The van der Waals surface area contributed by atoms with Gasteiger partial charge in [0, 0.05) is 6.04 Å². The lowest BCUT2D eigenvalue weighted by atomic mass is 10.1. The molecule has 96 valence electrons. The Bertz CT molecular complexity index is 600. The van der Waals surface area contributed by atoms with Crippen molar-refractivity contribution in [2.45, 2.75) is 19.6 Å². The van der Waals surface area contributed by atoms with E-state index in [2.05, 4.69) is 6.07 Å². The fraction of sp³-hybridized carbons (Fsp3) is 0.188. The third-order valence-electron chi connectivity index (χ3n) is 2.85. The monoisotopic (exact) mass is 252 g/mol. The van der Waals surface area contributed by atoms with Crippen molar-refractivity contribution in [3.63, 3.8) is 0 Å². The van der Waals surface area contributed by atoms with Crippen molar-refractivity contribution in [3.8, 4) is 11.8 Å². The van der Waals surface area contributed by atoms with E-state index in [9.17, 15) is 0 Å². The normalized spacial score (nSPS) is 11.6. The Balaban J connectivity index is 2.06. The maximum atomic E-state index is 8.84. The van der Waals surface area contributed by atoms with Gasteiger partial charge in [-0.1, -0.05) is 24.3 Å². The fourth-order valence-corrected chi connectivity index (χ4v) is 1.78. The maximum Gasteiger partial charge on any atom is 0.120 e. The summed E-state index contributed by atoms with van der Waals surface area (Å²) >= 11 is 0. The van der Waals surface area contributed by atoms with Gasteiger partial charge in [-0.3, -0.25) is 0 Å². The highest BCUT2D eigenvalue weighted by Crippen LogP contribution is 2.18. The minimum atomic E-state index is -0.00883. The molecule has 0 amide bonds. The van der Waals surface area contributed by atoms with Crippen molar-refractivity contribution >= 4 is 0 Å². The lowest BCUT2D eigenvalue weighted by Crippen LogP contribution is -2.05. The van der Waals surface area contributed by atoms with Crippen LogP contribution in [-0.4, -0.2) is 0 Å². The van der Waals surface area contributed by atoms with Crippen LogP contribution in [0.5, 0.6) is 5.75 Å². The molecule has 3 nitrogen and oxygen atoms in total. The molecule has 2 aromatic carbocycles. The van der Waals surface area contributed by atoms with Gasteiger partial charge in [-0.2, -0.15) is 5.26 Å². The Hall–Kier alpha value is -2.31. The summed E-state index contributed by atoms with van der Waals surface area (Å²) in [6, 6.07) is 17.3. The van der Waals surface area contributed by atoms with Crippen molar-refractivity contribution in [1.29, 1.82) is 5.26 Å². The molecule has 2 N–H and O–H groups in total. The minimum Gasteiger partial charge on any atom is -0.489 e. The molecule has 3 heteroatoms. The van der Waals surface area contributed by atoms with Gasteiger partial charge in [0.15, 0.2) is 0 Å². The van der Waals surface area contributed by atoms with E-state index in [4.69, 9.17) is 15.7 Å².